The first-order valence-electron chi connectivity index (χ1n) is 6.34. The van der Waals surface area contributed by atoms with Gasteiger partial charge in [-0.05, 0) is 52.9 Å². The summed E-state index contributed by atoms with van der Waals surface area (Å²) in [4.78, 5) is 0. The molecule has 0 spiro atoms. The number of rotatable bonds is 2. The number of nitrogens with two attached hydrogens (primary N) is 1. The maximum atomic E-state index is 6.41. The number of halogens is 1. The number of nitrogens with zero attached hydrogens (tertiary/aromatic N) is 2. The zero-order chi connectivity index (χ0) is 12.6. The summed E-state index contributed by atoms with van der Waals surface area (Å²) in [5.41, 5.74) is 8.05. The minimum Gasteiger partial charge on any atom is -0.322 e. The maximum Gasteiger partial charge on any atom is 0.0692 e. The second kappa shape index (κ2) is 4.73. The van der Waals surface area contributed by atoms with Crippen LogP contribution in [0.2, 0.25) is 0 Å². The van der Waals surface area contributed by atoms with Crippen LogP contribution in [0, 0.1) is 11.3 Å². The topological polar surface area (TPSA) is 43.8 Å². The number of hydrogen-bond acceptors (Lipinski definition) is 2. The molecule has 96 valence electrons. The van der Waals surface area contributed by atoms with E-state index >= 15 is 0 Å². The van der Waals surface area contributed by atoms with Crippen molar-refractivity contribution in [3.8, 4) is 0 Å². The van der Waals surface area contributed by atoms with E-state index in [-0.39, 0.29) is 6.04 Å². The van der Waals surface area contributed by atoms with Gasteiger partial charge in [0.2, 0.25) is 0 Å². The average Bonchev–Trinajstić information content (AvgIpc) is 2.58. The molecule has 0 radical (unpaired) electrons. The Morgan fingerprint density at radius 2 is 2.06 bits per heavy atom. The van der Waals surface area contributed by atoms with Crippen molar-refractivity contribution in [1.29, 1.82) is 0 Å². The molecule has 0 bridgehead atoms. The summed E-state index contributed by atoms with van der Waals surface area (Å²) in [6.07, 6.45) is 6.85. The molecule has 4 heteroatoms. The van der Waals surface area contributed by atoms with E-state index in [1.807, 2.05) is 17.9 Å². The molecule has 1 aromatic heterocycles. The third-order valence-corrected chi connectivity index (χ3v) is 4.76. The fraction of sp³-hybridized carbons (Fsp3) is 0.769. The normalized spacial score (nSPS) is 22.6. The molecule has 0 amide bonds. The largest absolute Gasteiger partial charge is 0.322 e. The standard InChI is InChI=1S/C13H22BrN3/c1-13(2)6-4-9(5-7-13)11(15)12-10(14)8-16-17(12)3/h8-9,11H,4-7,15H2,1-3H3. The summed E-state index contributed by atoms with van der Waals surface area (Å²) in [6.45, 7) is 4.71. The van der Waals surface area contributed by atoms with Crippen molar-refractivity contribution in [3.63, 3.8) is 0 Å². The molecule has 0 saturated heterocycles. The lowest BCUT2D eigenvalue weighted by atomic mass is 9.71. The van der Waals surface area contributed by atoms with Crippen LogP contribution in [-0.4, -0.2) is 9.78 Å². The van der Waals surface area contributed by atoms with Crippen molar-refractivity contribution < 1.29 is 0 Å². The van der Waals surface area contributed by atoms with Crippen molar-refractivity contribution in [2.24, 2.45) is 24.1 Å². The summed E-state index contributed by atoms with van der Waals surface area (Å²) in [5.74, 6) is 0.592. The van der Waals surface area contributed by atoms with E-state index in [1.54, 1.807) is 0 Å². The molecule has 1 unspecified atom stereocenters. The SMILES string of the molecule is Cn1ncc(Br)c1C(N)C1CCC(C)(C)CC1. The van der Waals surface area contributed by atoms with Crippen LogP contribution in [0.1, 0.15) is 51.3 Å². The third kappa shape index (κ3) is 2.74. The van der Waals surface area contributed by atoms with Gasteiger partial charge >= 0.3 is 0 Å². The Bertz CT molecular complexity index is 368. The molecule has 3 nitrogen and oxygen atoms in total. The van der Waals surface area contributed by atoms with Gasteiger partial charge in [0, 0.05) is 7.05 Å². The quantitative estimate of drug-likeness (QED) is 0.909. The predicted octanol–water partition coefficient (Wildman–Crippen LogP) is 3.40. The fourth-order valence-corrected chi connectivity index (χ4v) is 3.41. The molecule has 17 heavy (non-hydrogen) atoms. The van der Waals surface area contributed by atoms with Crippen LogP contribution in [0.3, 0.4) is 0 Å². The van der Waals surface area contributed by atoms with Gasteiger partial charge in [-0.2, -0.15) is 5.10 Å². The van der Waals surface area contributed by atoms with Crippen LogP contribution in [0.4, 0.5) is 0 Å². The summed E-state index contributed by atoms with van der Waals surface area (Å²) in [7, 11) is 1.96. The Morgan fingerprint density at radius 1 is 1.47 bits per heavy atom. The van der Waals surface area contributed by atoms with Crippen LogP contribution in [0.15, 0.2) is 10.7 Å². The summed E-state index contributed by atoms with van der Waals surface area (Å²) < 4.78 is 2.94. The monoisotopic (exact) mass is 299 g/mol. The van der Waals surface area contributed by atoms with E-state index in [1.165, 1.54) is 25.7 Å². The molecule has 1 heterocycles. The lowest BCUT2D eigenvalue weighted by Gasteiger charge is -2.36. The van der Waals surface area contributed by atoms with E-state index in [9.17, 15) is 0 Å². The van der Waals surface area contributed by atoms with Gasteiger partial charge in [0.15, 0.2) is 0 Å². The van der Waals surface area contributed by atoms with Crippen molar-refractivity contribution in [3.05, 3.63) is 16.4 Å². The highest BCUT2D eigenvalue weighted by atomic mass is 79.9. The molecule has 2 rings (SSSR count). The van der Waals surface area contributed by atoms with Gasteiger partial charge in [0.05, 0.1) is 22.4 Å². The van der Waals surface area contributed by atoms with Crippen molar-refractivity contribution >= 4 is 15.9 Å². The van der Waals surface area contributed by atoms with Crippen molar-refractivity contribution in [2.75, 3.05) is 0 Å². The number of aromatic nitrogens is 2. The first-order valence-corrected chi connectivity index (χ1v) is 7.13. The molecule has 1 atom stereocenters. The van der Waals surface area contributed by atoms with Crippen molar-refractivity contribution in [2.45, 2.75) is 45.6 Å². The van der Waals surface area contributed by atoms with Gasteiger partial charge in [-0.3, -0.25) is 4.68 Å². The molecule has 0 aliphatic heterocycles. The minimum atomic E-state index is 0.105. The molecule has 1 saturated carbocycles. The van der Waals surface area contributed by atoms with Crippen LogP contribution in [-0.2, 0) is 7.05 Å². The van der Waals surface area contributed by atoms with Crippen LogP contribution < -0.4 is 5.73 Å². The highest BCUT2D eigenvalue weighted by Crippen LogP contribution is 2.42. The van der Waals surface area contributed by atoms with Crippen LogP contribution in [0.5, 0.6) is 0 Å². The zero-order valence-corrected chi connectivity index (χ0v) is 12.5. The first-order chi connectivity index (χ1) is 7.91. The number of hydrogen-bond donors (Lipinski definition) is 1. The molecule has 1 aliphatic rings. The van der Waals surface area contributed by atoms with Gasteiger partial charge in [0.25, 0.3) is 0 Å². The third-order valence-electron chi connectivity index (χ3n) is 4.15. The minimum absolute atomic E-state index is 0.105. The Kier molecular flexibility index (Phi) is 3.64. The lowest BCUT2D eigenvalue weighted by molar-refractivity contribution is 0.171. The molecular weight excluding hydrogens is 278 g/mol. The molecule has 1 aromatic rings. The van der Waals surface area contributed by atoms with E-state index < -0.39 is 0 Å². The Hall–Kier alpha value is -0.350. The predicted molar refractivity (Wildman–Crippen MR) is 73.6 cm³/mol. The highest BCUT2D eigenvalue weighted by Gasteiger charge is 2.32. The number of aryl methyl sites for hydroxylation is 1. The fourth-order valence-electron chi connectivity index (χ4n) is 2.80. The summed E-state index contributed by atoms with van der Waals surface area (Å²) in [6, 6.07) is 0.105. The summed E-state index contributed by atoms with van der Waals surface area (Å²) in [5, 5.41) is 4.25. The second-order valence-corrected chi connectivity index (χ2v) is 6.88. The van der Waals surface area contributed by atoms with Crippen LogP contribution in [0.25, 0.3) is 0 Å². The van der Waals surface area contributed by atoms with E-state index in [2.05, 4.69) is 34.9 Å². The maximum absolute atomic E-state index is 6.41. The second-order valence-electron chi connectivity index (χ2n) is 6.03. The lowest BCUT2D eigenvalue weighted by Crippen LogP contribution is -2.30. The Balaban J connectivity index is 2.09. The molecule has 2 N–H and O–H groups in total. The summed E-state index contributed by atoms with van der Waals surface area (Å²) >= 11 is 3.54. The van der Waals surface area contributed by atoms with Gasteiger partial charge in [-0.1, -0.05) is 13.8 Å². The van der Waals surface area contributed by atoms with E-state index in [0.29, 0.717) is 11.3 Å². The van der Waals surface area contributed by atoms with Gasteiger partial charge in [-0.15, -0.1) is 0 Å². The van der Waals surface area contributed by atoms with Crippen LogP contribution >= 0.6 is 15.9 Å². The highest BCUT2D eigenvalue weighted by molar-refractivity contribution is 9.10. The smallest absolute Gasteiger partial charge is 0.0692 e. The average molecular weight is 300 g/mol. The zero-order valence-electron chi connectivity index (χ0n) is 10.9. The van der Waals surface area contributed by atoms with Crippen molar-refractivity contribution in [1.82, 2.24) is 9.78 Å². The Morgan fingerprint density at radius 3 is 2.53 bits per heavy atom. The van der Waals surface area contributed by atoms with Gasteiger partial charge in [-0.25, -0.2) is 0 Å². The van der Waals surface area contributed by atoms with E-state index in [4.69, 9.17) is 5.73 Å². The van der Waals surface area contributed by atoms with E-state index in [0.717, 1.165) is 10.2 Å². The first kappa shape index (κ1) is 13.1. The Labute approximate surface area is 112 Å². The molecule has 1 aliphatic carbocycles. The molecule has 1 fully saturated rings. The molecule has 0 aromatic carbocycles. The van der Waals surface area contributed by atoms with Gasteiger partial charge < -0.3 is 5.73 Å². The molecular formula is C13H22BrN3. The van der Waals surface area contributed by atoms with Gasteiger partial charge in [0.1, 0.15) is 0 Å².